The molecule has 1 aliphatic heterocycles. The Balaban J connectivity index is 2.11. The Labute approximate surface area is 98.9 Å². The van der Waals surface area contributed by atoms with E-state index in [0.29, 0.717) is 0 Å². The monoisotopic (exact) mass is 260 g/mol. The molecule has 1 aliphatic rings. The lowest BCUT2D eigenvalue weighted by molar-refractivity contribution is -0.166. The van der Waals surface area contributed by atoms with Crippen molar-refractivity contribution in [1.29, 1.82) is 0 Å². The van der Waals surface area contributed by atoms with Crippen molar-refractivity contribution in [3.8, 4) is 5.75 Å². The lowest BCUT2D eigenvalue weighted by Crippen LogP contribution is -2.29. The molecule has 1 N–H and O–H groups in total. The number of hydrogen-bond donors (Lipinski definition) is 1. The van der Waals surface area contributed by atoms with Crippen molar-refractivity contribution in [3.05, 3.63) is 29.8 Å². The Hall–Kier alpha value is -2.12. The van der Waals surface area contributed by atoms with Crippen molar-refractivity contribution in [1.82, 2.24) is 0 Å². The molecule has 0 amide bonds. The normalized spacial score (nSPS) is 16.4. The molecule has 0 saturated carbocycles. The first-order valence-electron chi connectivity index (χ1n) is 4.81. The molecule has 96 valence electrons. The third-order valence-electron chi connectivity index (χ3n) is 2.31. The molecule has 0 saturated heterocycles. The molecular formula is C10H7F3N2O3. The predicted molar refractivity (Wildman–Crippen MR) is 52.2 cm³/mol. The summed E-state index contributed by atoms with van der Waals surface area (Å²) in [6.45, 7) is -0.557. The number of rotatable bonds is 4. The highest BCUT2D eigenvalue weighted by Crippen LogP contribution is 2.52. The van der Waals surface area contributed by atoms with E-state index in [0.717, 1.165) is 12.1 Å². The zero-order valence-corrected chi connectivity index (χ0v) is 8.81. The average molecular weight is 260 g/mol. The van der Waals surface area contributed by atoms with Gasteiger partial charge in [-0.1, -0.05) is 12.1 Å². The lowest BCUT2D eigenvalue weighted by Gasteiger charge is -2.14. The molecule has 0 fully saturated rings. The Morgan fingerprint density at radius 2 is 1.83 bits per heavy atom. The minimum Gasteiger partial charge on any atom is -0.482 e. The zero-order chi connectivity index (χ0) is 13.4. The second kappa shape index (κ2) is 3.97. The molecule has 2 rings (SSSR count). The fraction of sp³-hybridized carbons (Fsp3) is 0.300. The van der Waals surface area contributed by atoms with Gasteiger partial charge in [0.1, 0.15) is 5.75 Å². The van der Waals surface area contributed by atoms with Crippen LogP contribution in [0.5, 0.6) is 5.75 Å². The fourth-order valence-corrected chi connectivity index (χ4v) is 1.37. The van der Waals surface area contributed by atoms with E-state index in [4.69, 9.17) is 9.84 Å². The van der Waals surface area contributed by atoms with Crippen LogP contribution >= 0.6 is 0 Å². The quantitative estimate of drug-likeness (QED) is 0.903. The molecule has 0 aromatic heterocycles. The number of hydrogen-bond acceptors (Lipinski definition) is 4. The van der Waals surface area contributed by atoms with Gasteiger partial charge in [-0.05, 0) is 12.1 Å². The Morgan fingerprint density at radius 1 is 1.28 bits per heavy atom. The highest BCUT2D eigenvalue weighted by atomic mass is 19.4. The van der Waals surface area contributed by atoms with Crippen LogP contribution in [0.1, 0.15) is 5.56 Å². The van der Waals surface area contributed by atoms with Crippen LogP contribution in [-0.2, 0) is 10.5 Å². The maximum atomic E-state index is 12.6. The van der Waals surface area contributed by atoms with Crippen LogP contribution in [0.15, 0.2) is 34.5 Å². The number of halogens is 3. The molecule has 5 nitrogen and oxygen atoms in total. The highest BCUT2D eigenvalue weighted by molar-refractivity contribution is 5.68. The van der Waals surface area contributed by atoms with E-state index in [1.807, 2.05) is 0 Å². The number of alkyl halides is 3. The molecule has 1 aromatic carbocycles. The van der Waals surface area contributed by atoms with Gasteiger partial charge in [-0.15, -0.1) is 10.2 Å². The Bertz CT molecular complexity index is 490. The maximum Gasteiger partial charge on any atom is 0.442 e. The van der Waals surface area contributed by atoms with E-state index in [-0.39, 0.29) is 11.3 Å². The molecule has 0 atom stereocenters. The van der Waals surface area contributed by atoms with Crippen LogP contribution in [0.25, 0.3) is 0 Å². The van der Waals surface area contributed by atoms with E-state index in [1.165, 1.54) is 12.1 Å². The van der Waals surface area contributed by atoms with Crippen LogP contribution < -0.4 is 4.74 Å². The summed E-state index contributed by atoms with van der Waals surface area (Å²) in [5.41, 5.74) is -2.59. The summed E-state index contributed by atoms with van der Waals surface area (Å²) in [5.74, 6) is -1.00. The summed E-state index contributed by atoms with van der Waals surface area (Å²) in [5, 5.41) is 14.5. The average Bonchev–Trinajstić information content (AvgIpc) is 3.07. The standard InChI is InChI=1S/C10H7F3N2O3/c11-10(12,13)9(14-15-9)6-1-3-7(4-2-6)18-5-8(16)17/h1-4H,5H2,(H,16,17). The summed E-state index contributed by atoms with van der Waals surface area (Å²) < 4.78 is 42.7. The van der Waals surface area contributed by atoms with Crippen molar-refractivity contribution < 1.29 is 27.8 Å². The maximum absolute atomic E-state index is 12.6. The van der Waals surface area contributed by atoms with E-state index in [9.17, 15) is 18.0 Å². The van der Waals surface area contributed by atoms with Gasteiger partial charge in [-0.25, -0.2) is 4.79 Å². The van der Waals surface area contributed by atoms with Crippen LogP contribution in [0.4, 0.5) is 13.2 Å². The Morgan fingerprint density at radius 3 is 2.22 bits per heavy atom. The summed E-state index contributed by atoms with van der Waals surface area (Å²) in [4.78, 5) is 10.2. The fourth-order valence-electron chi connectivity index (χ4n) is 1.37. The van der Waals surface area contributed by atoms with Crippen LogP contribution in [-0.4, -0.2) is 23.9 Å². The molecule has 0 radical (unpaired) electrons. The van der Waals surface area contributed by atoms with Crippen LogP contribution in [0, 0.1) is 0 Å². The highest BCUT2D eigenvalue weighted by Gasteiger charge is 2.65. The summed E-state index contributed by atoms with van der Waals surface area (Å²) in [7, 11) is 0. The molecule has 1 heterocycles. The van der Waals surface area contributed by atoms with Gasteiger partial charge in [0.15, 0.2) is 6.61 Å². The number of carbonyl (C=O) groups is 1. The third-order valence-corrected chi connectivity index (χ3v) is 2.31. The van der Waals surface area contributed by atoms with Gasteiger partial charge >= 0.3 is 17.8 Å². The van der Waals surface area contributed by atoms with Crippen LogP contribution in [0.2, 0.25) is 0 Å². The number of carboxylic acids is 1. The smallest absolute Gasteiger partial charge is 0.442 e. The first-order chi connectivity index (χ1) is 8.35. The molecule has 0 spiro atoms. The van der Waals surface area contributed by atoms with Crippen molar-refractivity contribution in [2.45, 2.75) is 11.8 Å². The predicted octanol–water partition coefficient (Wildman–Crippen LogP) is 2.33. The van der Waals surface area contributed by atoms with E-state index in [2.05, 4.69) is 10.2 Å². The topological polar surface area (TPSA) is 71.2 Å². The molecule has 0 aliphatic carbocycles. The Kier molecular flexibility index (Phi) is 2.72. The van der Waals surface area contributed by atoms with Crippen molar-refractivity contribution in [2.75, 3.05) is 6.61 Å². The van der Waals surface area contributed by atoms with Crippen molar-refractivity contribution in [2.24, 2.45) is 10.2 Å². The molecule has 8 heteroatoms. The number of ether oxygens (including phenoxy) is 1. The van der Waals surface area contributed by atoms with E-state index < -0.39 is 24.4 Å². The van der Waals surface area contributed by atoms with Gasteiger partial charge in [0, 0.05) is 5.56 Å². The van der Waals surface area contributed by atoms with E-state index in [1.54, 1.807) is 0 Å². The van der Waals surface area contributed by atoms with Gasteiger partial charge in [0.2, 0.25) is 0 Å². The lowest BCUT2D eigenvalue weighted by atomic mass is 10.0. The first kappa shape index (κ1) is 12.3. The second-order valence-electron chi connectivity index (χ2n) is 3.58. The first-order valence-corrected chi connectivity index (χ1v) is 4.81. The van der Waals surface area contributed by atoms with Gasteiger partial charge < -0.3 is 9.84 Å². The molecule has 0 bridgehead atoms. The second-order valence-corrected chi connectivity index (χ2v) is 3.58. The SMILES string of the molecule is O=C(O)COc1ccc(C2(C(F)(F)F)N=N2)cc1. The van der Waals surface area contributed by atoms with Crippen molar-refractivity contribution in [3.63, 3.8) is 0 Å². The largest absolute Gasteiger partial charge is 0.482 e. The minimum absolute atomic E-state index is 0.127. The minimum atomic E-state index is -4.57. The van der Waals surface area contributed by atoms with Gasteiger partial charge in [-0.2, -0.15) is 13.2 Å². The van der Waals surface area contributed by atoms with Gasteiger partial charge in [0.25, 0.3) is 0 Å². The van der Waals surface area contributed by atoms with Crippen molar-refractivity contribution >= 4 is 5.97 Å². The van der Waals surface area contributed by atoms with E-state index >= 15 is 0 Å². The number of carboxylic acid groups (broad SMARTS) is 1. The summed E-state index contributed by atoms with van der Waals surface area (Å²) in [6, 6.07) is 4.81. The number of aliphatic carboxylic acids is 1. The summed E-state index contributed by atoms with van der Waals surface area (Å²) in [6.07, 6.45) is -4.57. The molecule has 0 unspecified atom stereocenters. The number of nitrogens with zero attached hydrogens (tertiary/aromatic N) is 2. The number of benzene rings is 1. The van der Waals surface area contributed by atoms with Crippen LogP contribution in [0.3, 0.4) is 0 Å². The molecule has 1 aromatic rings. The third kappa shape index (κ3) is 2.13. The summed E-state index contributed by atoms with van der Waals surface area (Å²) >= 11 is 0. The molecule has 18 heavy (non-hydrogen) atoms. The van der Waals surface area contributed by atoms with Gasteiger partial charge in [0.05, 0.1) is 0 Å². The van der Waals surface area contributed by atoms with Gasteiger partial charge in [-0.3, -0.25) is 0 Å². The zero-order valence-electron chi connectivity index (χ0n) is 8.81. The molecular weight excluding hydrogens is 253 g/mol.